The van der Waals surface area contributed by atoms with Crippen LogP contribution in [0.4, 0.5) is 10.1 Å². The van der Waals surface area contributed by atoms with Crippen molar-refractivity contribution >= 4 is 26.7 Å². The number of nitrogens with two attached hydrogens (primary N) is 1. The molecule has 0 atom stereocenters. The van der Waals surface area contributed by atoms with Crippen LogP contribution in [0.5, 0.6) is 0 Å². The molecule has 0 spiro atoms. The predicted molar refractivity (Wildman–Crippen MR) is 80.7 cm³/mol. The van der Waals surface area contributed by atoms with Crippen molar-refractivity contribution in [1.29, 1.82) is 0 Å². The van der Waals surface area contributed by atoms with E-state index in [1.165, 1.54) is 6.07 Å². The van der Waals surface area contributed by atoms with Crippen molar-refractivity contribution in [1.82, 2.24) is 8.96 Å². The van der Waals surface area contributed by atoms with Crippen molar-refractivity contribution in [3.05, 3.63) is 58.3 Å². The highest BCUT2D eigenvalue weighted by Gasteiger charge is 2.23. The van der Waals surface area contributed by atoms with Crippen LogP contribution < -0.4 is 11.4 Å². The molecule has 0 aliphatic carbocycles. The number of halogens is 1. The molecule has 0 aliphatic heterocycles. The second kappa shape index (κ2) is 4.70. The summed E-state index contributed by atoms with van der Waals surface area (Å²) < 4.78 is 38.8. The molecule has 0 saturated carbocycles. The fourth-order valence-electron chi connectivity index (χ4n) is 2.21. The number of benzene rings is 2. The number of imidazole rings is 1. The first kappa shape index (κ1) is 14.3. The molecule has 0 amide bonds. The summed E-state index contributed by atoms with van der Waals surface area (Å²) in [6.45, 7) is 1.75. The molecule has 1 aromatic heterocycles. The molecule has 8 heteroatoms. The number of aromatic nitrogens is 2. The van der Waals surface area contributed by atoms with Crippen LogP contribution >= 0.6 is 0 Å². The van der Waals surface area contributed by atoms with Crippen LogP contribution in [0.25, 0.3) is 11.0 Å². The largest absolute Gasteiger partial charge is 0.398 e. The van der Waals surface area contributed by atoms with E-state index in [9.17, 15) is 17.6 Å². The molecule has 2 aromatic carbocycles. The number of H-pyrrole nitrogens is 1. The molecule has 0 aliphatic rings. The lowest BCUT2D eigenvalue weighted by Crippen LogP contribution is -2.25. The summed E-state index contributed by atoms with van der Waals surface area (Å²) in [7, 11) is -4.15. The number of anilines is 1. The van der Waals surface area contributed by atoms with E-state index in [-0.39, 0.29) is 10.4 Å². The zero-order valence-electron chi connectivity index (χ0n) is 11.5. The van der Waals surface area contributed by atoms with E-state index in [0.717, 1.165) is 29.8 Å². The maximum atomic E-state index is 13.0. The monoisotopic (exact) mass is 321 g/mol. The van der Waals surface area contributed by atoms with E-state index < -0.39 is 21.5 Å². The van der Waals surface area contributed by atoms with Crippen LogP contribution in [0.2, 0.25) is 0 Å². The highest BCUT2D eigenvalue weighted by Crippen LogP contribution is 2.22. The number of hydrogen-bond acceptors (Lipinski definition) is 4. The summed E-state index contributed by atoms with van der Waals surface area (Å²) in [6, 6.07) is 7.27. The van der Waals surface area contributed by atoms with Crippen molar-refractivity contribution < 1.29 is 12.8 Å². The smallest absolute Gasteiger partial charge is 0.340 e. The molecular formula is C14H12FN3O3S. The molecule has 1 heterocycles. The van der Waals surface area contributed by atoms with Crippen LogP contribution in [0.1, 0.15) is 5.56 Å². The van der Waals surface area contributed by atoms with Gasteiger partial charge in [0.05, 0.1) is 15.9 Å². The zero-order valence-corrected chi connectivity index (χ0v) is 12.3. The quantitative estimate of drug-likeness (QED) is 0.700. The van der Waals surface area contributed by atoms with Gasteiger partial charge in [0, 0.05) is 5.69 Å². The Morgan fingerprint density at radius 3 is 2.45 bits per heavy atom. The third kappa shape index (κ3) is 2.08. The molecule has 22 heavy (non-hydrogen) atoms. The lowest BCUT2D eigenvalue weighted by atomic mass is 10.2. The SMILES string of the molecule is Cc1cc2[nH]c(=O)n(S(=O)(=O)c3ccc(F)cc3)c2cc1N. The van der Waals surface area contributed by atoms with Gasteiger partial charge in [-0.2, -0.15) is 3.97 Å². The van der Waals surface area contributed by atoms with E-state index in [2.05, 4.69) is 4.98 Å². The predicted octanol–water partition coefficient (Wildman–Crippen LogP) is 1.60. The Kier molecular flexibility index (Phi) is 3.06. The zero-order chi connectivity index (χ0) is 16.1. The van der Waals surface area contributed by atoms with Crippen LogP contribution in [0.3, 0.4) is 0 Å². The summed E-state index contributed by atoms with van der Waals surface area (Å²) in [5.41, 5.74) is 6.60. The lowest BCUT2D eigenvalue weighted by molar-refractivity contribution is 0.586. The average molecular weight is 321 g/mol. The van der Waals surface area contributed by atoms with Crippen LogP contribution in [0.15, 0.2) is 46.1 Å². The van der Waals surface area contributed by atoms with Gasteiger partial charge < -0.3 is 10.7 Å². The van der Waals surface area contributed by atoms with Crippen molar-refractivity contribution in [2.24, 2.45) is 0 Å². The molecule has 0 unspecified atom stereocenters. The molecule has 0 fully saturated rings. The summed E-state index contributed by atoms with van der Waals surface area (Å²) in [5.74, 6) is -0.565. The van der Waals surface area contributed by atoms with E-state index in [0.29, 0.717) is 15.2 Å². The highest BCUT2D eigenvalue weighted by molar-refractivity contribution is 7.90. The van der Waals surface area contributed by atoms with Crippen LogP contribution in [0, 0.1) is 12.7 Å². The molecule has 0 radical (unpaired) electrons. The van der Waals surface area contributed by atoms with Crippen LogP contribution in [-0.4, -0.2) is 17.4 Å². The maximum Gasteiger partial charge on any atom is 0.340 e. The van der Waals surface area contributed by atoms with Gasteiger partial charge in [0.1, 0.15) is 5.82 Å². The van der Waals surface area contributed by atoms with Gasteiger partial charge in [-0.1, -0.05) is 0 Å². The molecule has 3 aromatic rings. The number of nitrogen functional groups attached to an aromatic ring is 1. The van der Waals surface area contributed by atoms with Crippen molar-refractivity contribution in [3.8, 4) is 0 Å². The maximum absolute atomic E-state index is 13.0. The number of fused-ring (bicyclic) bond motifs is 1. The molecular weight excluding hydrogens is 309 g/mol. The van der Waals surface area contributed by atoms with Gasteiger partial charge >= 0.3 is 5.69 Å². The van der Waals surface area contributed by atoms with E-state index >= 15 is 0 Å². The molecule has 0 bridgehead atoms. The Bertz CT molecular complexity index is 1030. The van der Waals surface area contributed by atoms with Gasteiger partial charge in [0.25, 0.3) is 10.0 Å². The lowest BCUT2D eigenvalue weighted by Gasteiger charge is -2.07. The number of hydrogen-bond donors (Lipinski definition) is 2. The van der Waals surface area contributed by atoms with Gasteiger partial charge in [0.2, 0.25) is 0 Å². The Labute approximate surface area is 125 Å². The van der Waals surface area contributed by atoms with Crippen molar-refractivity contribution in [2.75, 3.05) is 5.73 Å². The number of rotatable bonds is 2. The minimum Gasteiger partial charge on any atom is -0.398 e. The van der Waals surface area contributed by atoms with Crippen LogP contribution in [-0.2, 0) is 10.0 Å². The number of nitrogens with one attached hydrogen (secondary N) is 1. The Hall–Kier alpha value is -2.61. The van der Waals surface area contributed by atoms with Gasteiger partial charge in [-0.25, -0.2) is 17.6 Å². The molecule has 0 saturated heterocycles. The molecule has 3 N–H and O–H groups in total. The number of aromatic amines is 1. The summed E-state index contributed by atoms with van der Waals surface area (Å²) in [5, 5.41) is 0. The Balaban J connectivity index is 2.34. The van der Waals surface area contributed by atoms with E-state index in [4.69, 9.17) is 5.73 Å². The average Bonchev–Trinajstić information content (AvgIpc) is 2.75. The second-order valence-electron chi connectivity index (χ2n) is 4.88. The second-order valence-corrected chi connectivity index (χ2v) is 6.67. The van der Waals surface area contributed by atoms with Crippen molar-refractivity contribution in [3.63, 3.8) is 0 Å². The highest BCUT2D eigenvalue weighted by atomic mass is 32.2. The molecule has 114 valence electrons. The standard InChI is InChI=1S/C14H12FN3O3S/c1-8-6-12-13(7-11(8)16)18(14(19)17-12)22(20,21)10-4-2-9(15)3-5-10/h2-7H,16H2,1H3,(H,17,19). The van der Waals surface area contributed by atoms with Gasteiger partial charge in [0.15, 0.2) is 0 Å². The molecule has 6 nitrogen and oxygen atoms in total. The summed E-state index contributed by atoms with van der Waals surface area (Å²) >= 11 is 0. The van der Waals surface area contributed by atoms with Crippen molar-refractivity contribution in [2.45, 2.75) is 11.8 Å². The van der Waals surface area contributed by atoms with Gasteiger partial charge in [-0.3, -0.25) is 0 Å². The Morgan fingerprint density at radius 1 is 1.18 bits per heavy atom. The molecule has 3 rings (SSSR count). The number of aryl methyl sites for hydroxylation is 1. The fraction of sp³-hybridized carbons (Fsp3) is 0.0714. The minimum absolute atomic E-state index is 0.150. The topological polar surface area (TPSA) is 98.0 Å². The number of nitrogens with zero attached hydrogens (tertiary/aromatic N) is 1. The Morgan fingerprint density at radius 2 is 1.82 bits per heavy atom. The third-order valence-corrected chi connectivity index (χ3v) is 5.09. The van der Waals surface area contributed by atoms with Gasteiger partial charge in [-0.05, 0) is 48.9 Å². The first-order chi connectivity index (χ1) is 10.3. The first-order valence-electron chi connectivity index (χ1n) is 6.33. The third-order valence-electron chi connectivity index (χ3n) is 3.38. The normalized spacial score (nSPS) is 11.9. The first-order valence-corrected chi connectivity index (χ1v) is 7.77. The van der Waals surface area contributed by atoms with E-state index in [1.54, 1.807) is 13.0 Å². The van der Waals surface area contributed by atoms with E-state index in [1.807, 2.05) is 0 Å². The minimum atomic E-state index is -4.15. The van der Waals surface area contributed by atoms with Gasteiger partial charge in [-0.15, -0.1) is 0 Å². The fourth-order valence-corrected chi connectivity index (χ4v) is 3.57. The summed E-state index contributed by atoms with van der Waals surface area (Å²) in [4.78, 5) is 14.4. The summed E-state index contributed by atoms with van der Waals surface area (Å²) in [6.07, 6.45) is 0.